The maximum Gasteiger partial charge on any atom is 0.270 e. The Bertz CT molecular complexity index is 1350. The summed E-state index contributed by atoms with van der Waals surface area (Å²) in [5.41, 5.74) is 5.74. The molecule has 0 saturated carbocycles. The fourth-order valence-corrected chi connectivity index (χ4v) is 4.77. The van der Waals surface area contributed by atoms with Gasteiger partial charge in [-0.3, -0.25) is 19.8 Å². The SMILES string of the molecule is Cc1cc(/C=C2\C(=O)NC(=S)N(c3cccc(Br)c3)C2=O)c(C)n1-c1ccc(C(C)(C)C)cc1. The molecule has 0 unspecified atom stereocenters. The van der Waals surface area contributed by atoms with Crippen LogP contribution in [0.5, 0.6) is 0 Å². The van der Waals surface area contributed by atoms with Crippen LogP contribution in [-0.4, -0.2) is 21.5 Å². The third-order valence-corrected chi connectivity index (χ3v) is 6.71. The van der Waals surface area contributed by atoms with Crippen molar-refractivity contribution in [1.82, 2.24) is 9.88 Å². The van der Waals surface area contributed by atoms with E-state index in [1.807, 2.05) is 32.0 Å². The summed E-state index contributed by atoms with van der Waals surface area (Å²) >= 11 is 8.72. The second-order valence-electron chi connectivity index (χ2n) is 9.40. The fraction of sp³-hybridized carbons (Fsp3) is 0.222. The summed E-state index contributed by atoms with van der Waals surface area (Å²) in [5.74, 6) is -0.952. The van der Waals surface area contributed by atoms with Gasteiger partial charge in [-0.2, -0.15) is 0 Å². The van der Waals surface area contributed by atoms with E-state index >= 15 is 0 Å². The average molecular weight is 536 g/mol. The Morgan fingerprint density at radius 3 is 2.26 bits per heavy atom. The normalized spacial score (nSPS) is 15.8. The van der Waals surface area contributed by atoms with Gasteiger partial charge in [-0.15, -0.1) is 0 Å². The molecular weight excluding hydrogens is 510 g/mol. The lowest BCUT2D eigenvalue weighted by molar-refractivity contribution is -0.122. The average Bonchev–Trinajstić information content (AvgIpc) is 3.03. The van der Waals surface area contributed by atoms with Crippen molar-refractivity contribution < 1.29 is 9.59 Å². The minimum atomic E-state index is -0.499. The number of benzene rings is 2. The van der Waals surface area contributed by atoms with Crippen LogP contribution in [-0.2, 0) is 15.0 Å². The third-order valence-electron chi connectivity index (χ3n) is 5.93. The van der Waals surface area contributed by atoms with Crippen LogP contribution in [0.1, 0.15) is 43.3 Å². The molecule has 34 heavy (non-hydrogen) atoms. The second kappa shape index (κ2) is 8.96. The summed E-state index contributed by atoms with van der Waals surface area (Å²) < 4.78 is 2.94. The minimum Gasteiger partial charge on any atom is -0.318 e. The molecule has 7 heteroatoms. The molecule has 1 fully saturated rings. The number of nitrogens with zero attached hydrogens (tertiary/aromatic N) is 2. The number of amides is 2. The fourth-order valence-electron chi connectivity index (χ4n) is 4.10. The largest absolute Gasteiger partial charge is 0.318 e. The molecule has 5 nitrogen and oxygen atoms in total. The van der Waals surface area contributed by atoms with Crippen molar-refractivity contribution in [3.05, 3.63) is 87.2 Å². The first-order chi connectivity index (χ1) is 16.0. The summed E-state index contributed by atoms with van der Waals surface area (Å²) in [6.07, 6.45) is 1.65. The molecule has 0 radical (unpaired) electrons. The predicted molar refractivity (Wildman–Crippen MR) is 144 cm³/mol. The molecule has 2 amide bonds. The summed E-state index contributed by atoms with van der Waals surface area (Å²) in [4.78, 5) is 27.4. The monoisotopic (exact) mass is 535 g/mol. The number of carbonyl (C=O) groups excluding carboxylic acids is 2. The number of rotatable bonds is 3. The zero-order chi connectivity index (χ0) is 24.8. The number of hydrogen-bond acceptors (Lipinski definition) is 3. The van der Waals surface area contributed by atoms with E-state index in [0.29, 0.717) is 5.69 Å². The van der Waals surface area contributed by atoms with Gasteiger partial charge in [-0.1, -0.05) is 54.9 Å². The van der Waals surface area contributed by atoms with E-state index in [1.54, 1.807) is 18.2 Å². The van der Waals surface area contributed by atoms with E-state index in [1.165, 1.54) is 10.5 Å². The highest BCUT2D eigenvalue weighted by Crippen LogP contribution is 2.29. The van der Waals surface area contributed by atoms with Gasteiger partial charge in [0.1, 0.15) is 5.57 Å². The topological polar surface area (TPSA) is 54.3 Å². The van der Waals surface area contributed by atoms with Crippen LogP contribution in [0.3, 0.4) is 0 Å². The summed E-state index contributed by atoms with van der Waals surface area (Å²) in [6.45, 7) is 10.6. The summed E-state index contributed by atoms with van der Waals surface area (Å²) in [7, 11) is 0. The smallest absolute Gasteiger partial charge is 0.270 e. The highest BCUT2D eigenvalue weighted by atomic mass is 79.9. The quantitative estimate of drug-likeness (QED) is 0.254. The standard InChI is InChI=1S/C27H26BrN3O2S/c1-16-13-18(17(2)30(16)21-11-9-19(10-12-21)27(3,4)5)14-23-24(32)29-26(34)31(25(23)33)22-8-6-7-20(28)15-22/h6-15H,1-5H3,(H,29,32,34)/b23-14+. The number of hydrogen-bond donors (Lipinski definition) is 1. The molecule has 1 aromatic heterocycles. The maximum absolute atomic E-state index is 13.4. The summed E-state index contributed by atoms with van der Waals surface area (Å²) in [6, 6.07) is 17.7. The molecular formula is C27H26BrN3O2S. The molecule has 1 saturated heterocycles. The highest BCUT2D eigenvalue weighted by molar-refractivity contribution is 9.10. The summed E-state index contributed by atoms with van der Waals surface area (Å²) in [5, 5.41) is 2.71. The van der Waals surface area contributed by atoms with E-state index in [0.717, 1.165) is 27.1 Å². The zero-order valence-corrected chi connectivity index (χ0v) is 22.2. The van der Waals surface area contributed by atoms with Crippen LogP contribution in [0.4, 0.5) is 5.69 Å². The first-order valence-corrected chi connectivity index (χ1v) is 12.1. The molecule has 0 aliphatic carbocycles. The van der Waals surface area contributed by atoms with Crippen LogP contribution in [0.15, 0.2) is 64.6 Å². The van der Waals surface area contributed by atoms with Gasteiger partial charge in [0.15, 0.2) is 5.11 Å². The van der Waals surface area contributed by atoms with Crippen molar-refractivity contribution in [2.75, 3.05) is 4.90 Å². The Hall–Kier alpha value is -3.03. The Morgan fingerprint density at radius 1 is 0.971 bits per heavy atom. The molecule has 4 rings (SSSR count). The maximum atomic E-state index is 13.4. The molecule has 0 spiro atoms. The van der Waals surface area contributed by atoms with Crippen LogP contribution in [0.2, 0.25) is 0 Å². The van der Waals surface area contributed by atoms with Crippen molar-refractivity contribution in [1.29, 1.82) is 0 Å². The van der Waals surface area contributed by atoms with Crippen LogP contribution in [0, 0.1) is 13.8 Å². The molecule has 1 N–H and O–H groups in total. The molecule has 1 aliphatic rings. The molecule has 2 aromatic carbocycles. The van der Waals surface area contributed by atoms with E-state index in [2.05, 4.69) is 70.9 Å². The highest BCUT2D eigenvalue weighted by Gasteiger charge is 2.34. The van der Waals surface area contributed by atoms with Gasteiger partial charge < -0.3 is 4.57 Å². The zero-order valence-electron chi connectivity index (χ0n) is 19.8. The molecule has 1 aliphatic heterocycles. The van der Waals surface area contributed by atoms with Crippen molar-refractivity contribution in [2.24, 2.45) is 0 Å². The number of aryl methyl sites for hydroxylation is 1. The lowest BCUT2D eigenvalue weighted by Crippen LogP contribution is -2.54. The molecule has 3 aromatic rings. The van der Waals surface area contributed by atoms with Gasteiger partial charge in [0.05, 0.1) is 5.69 Å². The minimum absolute atomic E-state index is 0.0388. The van der Waals surface area contributed by atoms with E-state index in [-0.39, 0.29) is 16.1 Å². The van der Waals surface area contributed by atoms with Gasteiger partial charge in [-0.25, -0.2) is 0 Å². The van der Waals surface area contributed by atoms with Gasteiger partial charge >= 0.3 is 0 Å². The first kappa shape index (κ1) is 24.1. The van der Waals surface area contributed by atoms with Crippen LogP contribution < -0.4 is 10.2 Å². The van der Waals surface area contributed by atoms with Gasteiger partial charge in [-0.05, 0) is 85.1 Å². The molecule has 0 atom stereocenters. The number of nitrogens with one attached hydrogen (secondary N) is 1. The first-order valence-electron chi connectivity index (χ1n) is 10.9. The molecule has 2 heterocycles. The second-order valence-corrected chi connectivity index (χ2v) is 10.7. The Morgan fingerprint density at radius 2 is 1.65 bits per heavy atom. The third kappa shape index (κ3) is 4.50. The van der Waals surface area contributed by atoms with Crippen LogP contribution >= 0.6 is 28.1 Å². The van der Waals surface area contributed by atoms with Crippen LogP contribution in [0.25, 0.3) is 11.8 Å². The van der Waals surface area contributed by atoms with E-state index < -0.39 is 11.8 Å². The van der Waals surface area contributed by atoms with E-state index in [4.69, 9.17) is 12.2 Å². The lowest BCUT2D eigenvalue weighted by atomic mass is 9.87. The molecule has 174 valence electrons. The number of aromatic nitrogens is 1. The van der Waals surface area contributed by atoms with Crippen molar-refractivity contribution >= 4 is 56.8 Å². The predicted octanol–water partition coefficient (Wildman–Crippen LogP) is 5.99. The van der Waals surface area contributed by atoms with Crippen molar-refractivity contribution in [3.8, 4) is 5.69 Å². The van der Waals surface area contributed by atoms with Gasteiger partial charge in [0, 0.05) is 21.5 Å². The lowest BCUT2D eigenvalue weighted by Gasteiger charge is -2.29. The van der Waals surface area contributed by atoms with Crippen molar-refractivity contribution in [2.45, 2.75) is 40.0 Å². The molecule has 0 bridgehead atoms. The van der Waals surface area contributed by atoms with Crippen molar-refractivity contribution in [3.63, 3.8) is 0 Å². The number of carbonyl (C=O) groups is 2. The van der Waals surface area contributed by atoms with E-state index in [9.17, 15) is 9.59 Å². The Kier molecular flexibility index (Phi) is 6.36. The number of halogens is 1. The number of anilines is 1. The van der Waals surface area contributed by atoms with Gasteiger partial charge in [0.25, 0.3) is 11.8 Å². The number of thiocarbonyl (C=S) groups is 1. The Balaban J connectivity index is 1.73. The van der Waals surface area contributed by atoms with Gasteiger partial charge in [0.2, 0.25) is 0 Å². The Labute approximate surface area is 213 Å².